The van der Waals surface area contributed by atoms with Crippen molar-refractivity contribution in [1.82, 2.24) is 0 Å². The van der Waals surface area contributed by atoms with E-state index in [9.17, 15) is 43.2 Å². The number of hydrogen-bond donors (Lipinski definition) is 3. The minimum atomic E-state index is -4.94. The first-order chi connectivity index (χ1) is 39.1. The molecule has 0 amide bonds. The molecule has 0 aromatic rings. The molecular weight excluding hydrogens is 1090 g/mol. The maximum Gasteiger partial charge on any atom is 0.472 e. The summed E-state index contributed by atoms with van der Waals surface area (Å²) in [7, 11) is -9.89. The molecule has 0 heterocycles. The average molecular weight is 1210 g/mol. The maximum absolute atomic E-state index is 13.0. The van der Waals surface area contributed by atoms with Crippen LogP contribution in [-0.4, -0.2) is 96.7 Å². The zero-order valence-electron chi connectivity index (χ0n) is 53.1. The monoisotopic (exact) mass is 1210 g/mol. The van der Waals surface area contributed by atoms with E-state index < -0.39 is 97.5 Å². The maximum atomic E-state index is 13.0. The Balaban J connectivity index is 5.26. The second kappa shape index (κ2) is 53.3. The van der Waals surface area contributed by atoms with Crippen molar-refractivity contribution in [3.63, 3.8) is 0 Å². The SMILES string of the molecule is CCC(C)CCCCCCCCC(=O)OC[C@H](COP(=O)(O)OCC(O)COP(=O)(O)OC[C@@H](COC(=O)CCCCCCCCCCC(C)C)OC(=O)CCCCCCCCCCC(C)C)OC(=O)CCCCCCCCCC(C)C. The fraction of sp³-hybridized carbons (Fsp3) is 0.937. The van der Waals surface area contributed by atoms with Crippen LogP contribution in [0.5, 0.6) is 0 Å². The number of carbonyl (C=O) groups is 4. The Labute approximate surface area is 498 Å². The molecule has 0 rings (SSSR count). The highest BCUT2D eigenvalue weighted by atomic mass is 31.2. The van der Waals surface area contributed by atoms with E-state index in [0.29, 0.717) is 31.6 Å². The van der Waals surface area contributed by atoms with Crippen LogP contribution in [0.3, 0.4) is 0 Å². The van der Waals surface area contributed by atoms with Gasteiger partial charge in [-0.05, 0) is 49.4 Å². The fourth-order valence-electron chi connectivity index (χ4n) is 9.22. The van der Waals surface area contributed by atoms with Crippen molar-refractivity contribution >= 4 is 39.5 Å². The smallest absolute Gasteiger partial charge is 0.462 e. The van der Waals surface area contributed by atoms with Gasteiger partial charge in [-0.15, -0.1) is 0 Å². The van der Waals surface area contributed by atoms with Gasteiger partial charge in [-0.1, -0.05) is 248 Å². The third kappa shape index (κ3) is 55.9. The number of hydrogen-bond acceptors (Lipinski definition) is 15. The lowest BCUT2D eigenvalue weighted by atomic mass is 10.00. The summed E-state index contributed by atoms with van der Waals surface area (Å²) in [5, 5.41) is 10.5. The van der Waals surface area contributed by atoms with Crippen LogP contribution < -0.4 is 0 Å². The number of aliphatic hydroxyl groups is 1. The van der Waals surface area contributed by atoms with E-state index in [-0.39, 0.29) is 25.7 Å². The first kappa shape index (κ1) is 80.1. The molecule has 19 heteroatoms. The van der Waals surface area contributed by atoms with Crippen LogP contribution in [0, 0.1) is 23.7 Å². The van der Waals surface area contributed by atoms with Gasteiger partial charge in [0.25, 0.3) is 0 Å². The Bertz CT molecular complexity index is 1650. The molecule has 17 nitrogen and oxygen atoms in total. The molecule has 0 aliphatic carbocycles. The van der Waals surface area contributed by atoms with Gasteiger partial charge >= 0.3 is 39.5 Å². The minimum Gasteiger partial charge on any atom is -0.462 e. The van der Waals surface area contributed by atoms with Gasteiger partial charge < -0.3 is 33.8 Å². The first-order valence-electron chi connectivity index (χ1n) is 32.7. The summed E-state index contributed by atoms with van der Waals surface area (Å²) in [5.41, 5.74) is 0. The van der Waals surface area contributed by atoms with Gasteiger partial charge in [-0.3, -0.25) is 37.3 Å². The number of phosphoric acid groups is 2. The third-order valence-corrected chi connectivity index (χ3v) is 16.6. The standard InChI is InChI=1S/C63H122O17P2/c1-9-56(8)42-34-26-21-22-28-36-44-61(66)74-50-59(80-63(68)46-38-30-20-14-17-25-33-41-55(6)7)52-78-82(71,72)76-48-57(64)47-75-81(69,70)77-51-58(79-62(67)45-37-29-19-13-11-16-24-32-40-54(4)5)49-73-60(65)43-35-27-18-12-10-15-23-31-39-53(2)3/h53-59,64H,9-52H2,1-8H3,(H,69,70)(H,71,72)/t56?,57?,58-,59-/m1/s1. The zero-order chi connectivity index (χ0) is 61.1. The van der Waals surface area contributed by atoms with Crippen LogP contribution in [0.2, 0.25) is 0 Å². The Hall–Kier alpha value is -1.94. The van der Waals surface area contributed by atoms with Gasteiger partial charge in [0.1, 0.15) is 19.3 Å². The second-order valence-electron chi connectivity index (χ2n) is 24.5. The van der Waals surface area contributed by atoms with Crippen molar-refractivity contribution in [2.75, 3.05) is 39.6 Å². The molecule has 0 aromatic heterocycles. The number of aliphatic hydroxyl groups excluding tert-OH is 1. The lowest BCUT2D eigenvalue weighted by Crippen LogP contribution is -2.30. The van der Waals surface area contributed by atoms with E-state index in [2.05, 4.69) is 55.4 Å². The minimum absolute atomic E-state index is 0.102. The molecule has 0 aliphatic rings. The molecule has 486 valence electrons. The van der Waals surface area contributed by atoms with Gasteiger partial charge in [0, 0.05) is 25.7 Å². The molecule has 3 N–H and O–H groups in total. The predicted octanol–water partition coefficient (Wildman–Crippen LogP) is 17.0. The zero-order valence-corrected chi connectivity index (χ0v) is 54.9. The summed E-state index contributed by atoms with van der Waals surface area (Å²) >= 11 is 0. The third-order valence-electron chi connectivity index (χ3n) is 14.7. The highest BCUT2D eigenvalue weighted by Gasteiger charge is 2.30. The molecule has 0 spiro atoms. The summed E-state index contributed by atoms with van der Waals surface area (Å²) in [6.07, 6.45) is 32.3. The molecule has 4 unspecified atom stereocenters. The van der Waals surface area contributed by atoms with Gasteiger partial charge in [-0.25, -0.2) is 9.13 Å². The van der Waals surface area contributed by atoms with E-state index >= 15 is 0 Å². The highest BCUT2D eigenvalue weighted by Crippen LogP contribution is 2.45. The summed E-state index contributed by atoms with van der Waals surface area (Å²) in [4.78, 5) is 72.1. The highest BCUT2D eigenvalue weighted by molar-refractivity contribution is 7.47. The van der Waals surface area contributed by atoms with Crippen LogP contribution in [0.15, 0.2) is 0 Å². The number of unbranched alkanes of at least 4 members (excludes halogenated alkanes) is 25. The normalized spacial score (nSPS) is 14.8. The van der Waals surface area contributed by atoms with E-state index in [4.69, 9.17) is 37.0 Å². The lowest BCUT2D eigenvalue weighted by molar-refractivity contribution is -0.161. The quantitative estimate of drug-likeness (QED) is 0.0222. The topological polar surface area (TPSA) is 237 Å². The Morgan fingerprint density at radius 1 is 0.341 bits per heavy atom. The largest absolute Gasteiger partial charge is 0.472 e. The number of rotatable bonds is 60. The molecule has 0 fully saturated rings. The van der Waals surface area contributed by atoms with Crippen LogP contribution in [0.25, 0.3) is 0 Å². The van der Waals surface area contributed by atoms with Gasteiger partial charge in [0.15, 0.2) is 12.2 Å². The molecule has 6 atom stereocenters. The van der Waals surface area contributed by atoms with E-state index in [0.717, 1.165) is 114 Å². The van der Waals surface area contributed by atoms with Crippen molar-refractivity contribution in [3.8, 4) is 0 Å². The first-order valence-corrected chi connectivity index (χ1v) is 35.7. The van der Waals surface area contributed by atoms with Crippen LogP contribution in [0.4, 0.5) is 0 Å². The summed E-state index contributed by atoms with van der Waals surface area (Å²) < 4.78 is 67.9. The Kier molecular flexibility index (Phi) is 52.0. The summed E-state index contributed by atoms with van der Waals surface area (Å²) in [5.74, 6) is 0.727. The molecule has 0 aliphatic heterocycles. The van der Waals surface area contributed by atoms with Crippen molar-refractivity contribution in [2.24, 2.45) is 23.7 Å². The van der Waals surface area contributed by atoms with Gasteiger partial charge in [0.05, 0.1) is 26.4 Å². The second-order valence-corrected chi connectivity index (χ2v) is 27.4. The van der Waals surface area contributed by atoms with Gasteiger partial charge in [0.2, 0.25) is 0 Å². The van der Waals surface area contributed by atoms with Gasteiger partial charge in [-0.2, -0.15) is 0 Å². The number of phosphoric ester groups is 2. The number of esters is 4. The number of carbonyl (C=O) groups excluding carboxylic acids is 4. The predicted molar refractivity (Wildman–Crippen MR) is 326 cm³/mol. The van der Waals surface area contributed by atoms with Crippen LogP contribution in [0.1, 0.15) is 299 Å². The fourth-order valence-corrected chi connectivity index (χ4v) is 10.8. The van der Waals surface area contributed by atoms with Crippen LogP contribution in [-0.2, 0) is 65.4 Å². The molecular formula is C63H122O17P2. The van der Waals surface area contributed by atoms with E-state index in [1.54, 1.807) is 0 Å². The lowest BCUT2D eigenvalue weighted by Gasteiger charge is -2.21. The van der Waals surface area contributed by atoms with Crippen LogP contribution >= 0.6 is 15.6 Å². The van der Waals surface area contributed by atoms with Crippen molar-refractivity contribution < 1.29 is 80.2 Å². The molecule has 0 aromatic carbocycles. The number of ether oxygens (including phenoxy) is 4. The summed E-state index contributed by atoms with van der Waals surface area (Å²) in [6.45, 7) is 13.9. The van der Waals surface area contributed by atoms with E-state index in [1.807, 2.05) is 0 Å². The molecule has 82 heavy (non-hydrogen) atoms. The van der Waals surface area contributed by atoms with Crippen molar-refractivity contribution in [1.29, 1.82) is 0 Å². The molecule has 0 saturated carbocycles. The molecule has 0 saturated heterocycles. The van der Waals surface area contributed by atoms with Crippen molar-refractivity contribution in [2.45, 2.75) is 318 Å². The summed E-state index contributed by atoms with van der Waals surface area (Å²) in [6, 6.07) is 0. The Morgan fingerprint density at radius 2 is 0.585 bits per heavy atom. The average Bonchev–Trinajstić information content (AvgIpc) is 3.44. The molecule has 0 radical (unpaired) electrons. The Morgan fingerprint density at radius 3 is 0.866 bits per heavy atom. The van der Waals surface area contributed by atoms with E-state index in [1.165, 1.54) is 96.3 Å². The molecule has 0 bridgehead atoms. The van der Waals surface area contributed by atoms with Crippen molar-refractivity contribution in [3.05, 3.63) is 0 Å².